The molecular weight excluding hydrogens is 185 g/mol. The molecular formula is C10H12FNO2. The molecule has 0 spiro atoms. The number of amides is 1. The van der Waals surface area contributed by atoms with Gasteiger partial charge in [0.05, 0.1) is 7.11 Å². The van der Waals surface area contributed by atoms with Crippen LogP contribution in [0, 0.1) is 5.82 Å². The van der Waals surface area contributed by atoms with Crippen LogP contribution in [0.15, 0.2) is 18.2 Å². The molecule has 0 aromatic heterocycles. The van der Waals surface area contributed by atoms with Gasteiger partial charge in [0.25, 0.3) is 0 Å². The van der Waals surface area contributed by atoms with E-state index in [0.717, 1.165) is 0 Å². The van der Waals surface area contributed by atoms with E-state index in [1.807, 2.05) is 0 Å². The summed E-state index contributed by atoms with van der Waals surface area (Å²) in [7, 11) is 1.51. The van der Waals surface area contributed by atoms with Crippen LogP contribution in [0.4, 0.5) is 4.39 Å². The number of hydrogen-bond donors (Lipinski definition) is 1. The van der Waals surface area contributed by atoms with Crippen LogP contribution in [0.3, 0.4) is 0 Å². The van der Waals surface area contributed by atoms with Gasteiger partial charge in [-0.15, -0.1) is 0 Å². The van der Waals surface area contributed by atoms with Gasteiger partial charge in [-0.25, -0.2) is 4.39 Å². The average Bonchev–Trinajstić information content (AvgIpc) is 2.16. The highest BCUT2D eigenvalue weighted by Gasteiger charge is 2.04. The molecule has 0 atom stereocenters. The molecule has 1 aromatic rings. The summed E-state index contributed by atoms with van der Waals surface area (Å²) in [5.74, 6) is 0.0403. The fraction of sp³-hybridized carbons (Fsp3) is 0.300. The Morgan fingerprint density at radius 2 is 2.29 bits per heavy atom. The van der Waals surface area contributed by atoms with Crippen LogP contribution in [0.5, 0.6) is 5.75 Å². The van der Waals surface area contributed by atoms with Gasteiger partial charge in [0.2, 0.25) is 5.91 Å². The van der Waals surface area contributed by atoms with Gasteiger partial charge in [0, 0.05) is 19.0 Å². The maximum Gasteiger partial charge on any atom is 0.217 e. The molecule has 1 aromatic carbocycles. The van der Waals surface area contributed by atoms with E-state index in [0.29, 0.717) is 11.3 Å². The number of ether oxygens (including phenoxy) is 1. The Morgan fingerprint density at radius 1 is 1.57 bits per heavy atom. The van der Waals surface area contributed by atoms with Crippen LogP contribution in [-0.2, 0) is 11.3 Å². The molecule has 0 saturated carbocycles. The molecule has 0 unspecified atom stereocenters. The van der Waals surface area contributed by atoms with Gasteiger partial charge in [-0.2, -0.15) is 0 Å². The third kappa shape index (κ3) is 2.73. The molecule has 0 saturated heterocycles. The van der Waals surface area contributed by atoms with E-state index >= 15 is 0 Å². The third-order valence-corrected chi connectivity index (χ3v) is 1.78. The predicted octanol–water partition coefficient (Wildman–Crippen LogP) is 1.47. The van der Waals surface area contributed by atoms with Gasteiger partial charge in [-0.1, -0.05) is 0 Å². The summed E-state index contributed by atoms with van der Waals surface area (Å²) in [6, 6.07) is 4.41. The van der Waals surface area contributed by atoms with E-state index < -0.39 is 0 Å². The Hall–Kier alpha value is -1.58. The van der Waals surface area contributed by atoms with Gasteiger partial charge in [-0.05, 0) is 18.2 Å². The number of nitrogens with one attached hydrogen (secondary N) is 1. The first kappa shape index (κ1) is 10.5. The molecule has 1 N–H and O–H groups in total. The first-order valence-corrected chi connectivity index (χ1v) is 4.20. The van der Waals surface area contributed by atoms with Crippen LogP contribution in [0.25, 0.3) is 0 Å². The fourth-order valence-corrected chi connectivity index (χ4v) is 1.03. The quantitative estimate of drug-likeness (QED) is 0.796. The Bertz CT molecular complexity index is 339. The summed E-state index contributed by atoms with van der Waals surface area (Å²) in [6.45, 7) is 1.57. The maximum absolute atomic E-state index is 13.1. The molecule has 0 bridgehead atoms. The lowest BCUT2D eigenvalue weighted by Crippen LogP contribution is -2.19. The van der Waals surface area contributed by atoms with E-state index in [2.05, 4.69) is 5.32 Å². The van der Waals surface area contributed by atoms with Crippen molar-refractivity contribution in [2.75, 3.05) is 7.11 Å². The summed E-state index contributed by atoms with van der Waals surface area (Å²) in [5, 5.41) is 2.52. The number of benzene rings is 1. The number of carbonyl (C=O) groups excluding carboxylic acids is 1. The molecule has 3 nitrogen and oxygen atoms in total. The number of rotatable bonds is 3. The van der Waals surface area contributed by atoms with E-state index in [9.17, 15) is 9.18 Å². The largest absolute Gasteiger partial charge is 0.497 e. The van der Waals surface area contributed by atoms with Crippen molar-refractivity contribution >= 4 is 5.91 Å². The van der Waals surface area contributed by atoms with Crippen molar-refractivity contribution in [3.63, 3.8) is 0 Å². The molecule has 0 heterocycles. The highest BCUT2D eigenvalue weighted by molar-refractivity contribution is 5.72. The second-order valence-corrected chi connectivity index (χ2v) is 2.87. The lowest BCUT2D eigenvalue weighted by molar-refractivity contribution is -0.119. The maximum atomic E-state index is 13.1. The van der Waals surface area contributed by atoms with Crippen molar-refractivity contribution in [2.45, 2.75) is 13.5 Å². The van der Waals surface area contributed by atoms with Crippen LogP contribution in [0.2, 0.25) is 0 Å². The molecule has 0 radical (unpaired) electrons. The van der Waals surface area contributed by atoms with E-state index in [1.54, 1.807) is 6.07 Å². The first-order valence-electron chi connectivity index (χ1n) is 4.20. The van der Waals surface area contributed by atoms with Crippen molar-refractivity contribution in [1.82, 2.24) is 5.32 Å². The first-order chi connectivity index (χ1) is 6.63. The minimum Gasteiger partial charge on any atom is -0.497 e. The normalized spacial score (nSPS) is 9.64. The predicted molar refractivity (Wildman–Crippen MR) is 50.5 cm³/mol. The van der Waals surface area contributed by atoms with Crippen molar-refractivity contribution in [3.05, 3.63) is 29.6 Å². The van der Waals surface area contributed by atoms with Crippen molar-refractivity contribution in [2.24, 2.45) is 0 Å². The van der Waals surface area contributed by atoms with Crippen LogP contribution < -0.4 is 10.1 Å². The van der Waals surface area contributed by atoms with E-state index in [-0.39, 0.29) is 18.3 Å². The summed E-state index contributed by atoms with van der Waals surface area (Å²) in [4.78, 5) is 10.6. The summed E-state index contributed by atoms with van der Waals surface area (Å²) in [5.41, 5.74) is 0.416. The van der Waals surface area contributed by atoms with Gasteiger partial charge in [0.1, 0.15) is 11.6 Å². The molecule has 1 rings (SSSR count). The minimum absolute atomic E-state index is 0.179. The monoisotopic (exact) mass is 197 g/mol. The SMILES string of the molecule is COc1ccc(F)c(CNC(C)=O)c1. The molecule has 0 aliphatic rings. The molecule has 0 aliphatic carbocycles. The second-order valence-electron chi connectivity index (χ2n) is 2.87. The number of methoxy groups -OCH3 is 1. The van der Waals surface area contributed by atoms with Gasteiger partial charge in [0.15, 0.2) is 0 Å². The number of carbonyl (C=O) groups is 1. The standard InChI is InChI=1S/C10H12FNO2/c1-7(13)12-6-8-5-9(14-2)3-4-10(8)11/h3-5H,6H2,1-2H3,(H,12,13). The zero-order valence-corrected chi connectivity index (χ0v) is 8.13. The molecule has 0 aliphatic heterocycles. The Labute approximate surface area is 81.9 Å². The summed E-state index contributed by atoms with van der Waals surface area (Å²) in [6.07, 6.45) is 0. The Morgan fingerprint density at radius 3 is 2.86 bits per heavy atom. The highest BCUT2D eigenvalue weighted by atomic mass is 19.1. The molecule has 14 heavy (non-hydrogen) atoms. The highest BCUT2D eigenvalue weighted by Crippen LogP contribution is 2.16. The third-order valence-electron chi connectivity index (χ3n) is 1.78. The van der Waals surface area contributed by atoms with Crippen LogP contribution in [0.1, 0.15) is 12.5 Å². The lowest BCUT2D eigenvalue weighted by atomic mass is 10.2. The molecule has 1 amide bonds. The number of hydrogen-bond acceptors (Lipinski definition) is 2. The molecule has 76 valence electrons. The topological polar surface area (TPSA) is 38.3 Å². The Balaban J connectivity index is 2.78. The summed E-state index contributed by atoms with van der Waals surface area (Å²) >= 11 is 0. The van der Waals surface area contributed by atoms with Crippen molar-refractivity contribution in [1.29, 1.82) is 0 Å². The molecule has 0 fully saturated rings. The van der Waals surface area contributed by atoms with Crippen LogP contribution >= 0.6 is 0 Å². The lowest BCUT2D eigenvalue weighted by Gasteiger charge is -2.06. The second kappa shape index (κ2) is 4.60. The van der Waals surface area contributed by atoms with Gasteiger partial charge < -0.3 is 10.1 Å². The van der Waals surface area contributed by atoms with E-state index in [1.165, 1.54) is 26.2 Å². The number of halogens is 1. The summed E-state index contributed by atoms with van der Waals surface area (Å²) < 4.78 is 18.1. The smallest absolute Gasteiger partial charge is 0.217 e. The van der Waals surface area contributed by atoms with E-state index in [4.69, 9.17) is 4.74 Å². The van der Waals surface area contributed by atoms with Crippen molar-refractivity contribution in [3.8, 4) is 5.75 Å². The Kier molecular flexibility index (Phi) is 3.45. The minimum atomic E-state index is -0.348. The average molecular weight is 197 g/mol. The van der Waals surface area contributed by atoms with Gasteiger partial charge in [-0.3, -0.25) is 4.79 Å². The zero-order valence-electron chi connectivity index (χ0n) is 8.13. The fourth-order valence-electron chi connectivity index (χ4n) is 1.03. The van der Waals surface area contributed by atoms with Crippen molar-refractivity contribution < 1.29 is 13.9 Å². The van der Waals surface area contributed by atoms with Gasteiger partial charge >= 0.3 is 0 Å². The molecule has 4 heteroatoms. The van der Waals surface area contributed by atoms with Crippen LogP contribution in [-0.4, -0.2) is 13.0 Å². The zero-order chi connectivity index (χ0) is 10.6.